The molecule has 0 bridgehead atoms. The van der Waals surface area contributed by atoms with Crippen molar-refractivity contribution >= 4 is 5.97 Å². The number of hydrogen-bond acceptors (Lipinski definition) is 5. The topological polar surface area (TPSA) is 68.5 Å². The third kappa shape index (κ3) is 5.74. The van der Waals surface area contributed by atoms with E-state index in [-0.39, 0.29) is 25.3 Å². The van der Waals surface area contributed by atoms with E-state index in [0.717, 1.165) is 37.2 Å². The molecule has 5 heteroatoms. The molecule has 0 saturated carbocycles. The molecule has 0 amide bonds. The summed E-state index contributed by atoms with van der Waals surface area (Å²) in [5, 5.41) is 8.37. The van der Waals surface area contributed by atoms with Crippen molar-refractivity contribution in [2.24, 2.45) is 0 Å². The van der Waals surface area contributed by atoms with Crippen LogP contribution in [0, 0.1) is 11.3 Å². The summed E-state index contributed by atoms with van der Waals surface area (Å²) in [6.45, 7) is 0.931. The Kier molecular flexibility index (Phi) is 6.72. The highest BCUT2D eigenvalue weighted by Crippen LogP contribution is 2.20. The minimum atomic E-state index is -0.272. The van der Waals surface area contributed by atoms with E-state index in [1.165, 1.54) is 0 Å². The van der Waals surface area contributed by atoms with Gasteiger partial charge in [0, 0.05) is 12.8 Å². The summed E-state index contributed by atoms with van der Waals surface area (Å²) in [7, 11) is 0. The Morgan fingerprint density at radius 2 is 2.14 bits per heavy atom. The Balaban J connectivity index is 1.72. The number of aryl methyl sites for hydroxylation is 1. The number of nitriles is 1. The van der Waals surface area contributed by atoms with E-state index in [2.05, 4.69) is 0 Å². The maximum Gasteiger partial charge on any atom is 0.306 e. The van der Waals surface area contributed by atoms with Crippen LogP contribution in [0.15, 0.2) is 24.3 Å². The zero-order valence-electron chi connectivity index (χ0n) is 12.6. The Hall–Kier alpha value is -2.06. The number of carbonyl (C=O) groups is 1. The molecular weight excluding hydrogens is 282 g/mol. The van der Waals surface area contributed by atoms with Gasteiger partial charge in [-0.1, -0.05) is 12.1 Å². The molecule has 0 radical (unpaired) electrons. The highest BCUT2D eigenvalue weighted by molar-refractivity contribution is 5.69. The van der Waals surface area contributed by atoms with E-state index in [1.54, 1.807) is 0 Å². The van der Waals surface area contributed by atoms with Gasteiger partial charge >= 0.3 is 5.97 Å². The third-order valence-corrected chi connectivity index (χ3v) is 3.42. The van der Waals surface area contributed by atoms with Gasteiger partial charge < -0.3 is 14.2 Å². The summed E-state index contributed by atoms with van der Waals surface area (Å²) < 4.78 is 16.2. The molecule has 5 nitrogen and oxygen atoms in total. The minimum Gasteiger partial charge on any atom is -0.465 e. The average molecular weight is 303 g/mol. The van der Waals surface area contributed by atoms with E-state index < -0.39 is 0 Å². The summed E-state index contributed by atoms with van der Waals surface area (Å²) in [6, 6.07) is 9.62. The van der Waals surface area contributed by atoms with Crippen molar-refractivity contribution in [3.8, 4) is 11.8 Å². The first-order chi connectivity index (χ1) is 10.8. The van der Waals surface area contributed by atoms with Crippen LogP contribution < -0.4 is 4.74 Å². The van der Waals surface area contributed by atoms with Gasteiger partial charge in [0.05, 0.1) is 19.1 Å². The van der Waals surface area contributed by atoms with Crippen molar-refractivity contribution in [3.63, 3.8) is 0 Å². The fourth-order valence-corrected chi connectivity index (χ4v) is 2.22. The smallest absolute Gasteiger partial charge is 0.306 e. The highest BCUT2D eigenvalue weighted by atomic mass is 16.7. The summed E-state index contributed by atoms with van der Waals surface area (Å²) in [5.41, 5.74) is 1.05. The number of carbonyl (C=O) groups excluding carboxylic acids is 1. The molecule has 22 heavy (non-hydrogen) atoms. The number of esters is 1. The van der Waals surface area contributed by atoms with E-state index >= 15 is 0 Å². The fourth-order valence-electron chi connectivity index (χ4n) is 2.22. The van der Waals surface area contributed by atoms with Crippen LogP contribution in [-0.4, -0.2) is 25.5 Å². The zero-order valence-corrected chi connectivity index (χ0v) is 12.6. The van der Waals surface area contributed by atoms with Crippen LogP contribution in [0.3, 0.4) is 0 Å². The van der Waals surface area contributed by atoms with Crippen molar-refractivity contribution in [1.29, 1.82) is 5.26 Å². The molecular formula is C17H21NO4. The normalized spacial score (nSPS) is 17.5. The van der Waals surface area contributed by atoms with Crippen molar-refractivity contribution in [2.75, 3.05) is 13.2 Å². The maximum absolute atomic E-state index is 11.4. The molecule has 1 atom stereocenters. The predicted octanol–water partition coefficient (Wildman–Crippen LogP) is 2.98. The van der Waals surface area contributed by atoms with Crippen LogP contribution in [0.2, 0.25) is 0 Å². The average Bonchev–Trinajstić information content (AvgIpc) is 2.55. The number of nitrogens with zero attached hydrogens (tertiary/aromatic N) is 1. The lowest BCUT2D eigenvalue weighted by molar-refractivity contribution is -0.143. The highest BCUT2D eigenvalue weighted by Gasteiger charge is 2.15. The molecule has 1 heterocycles. The van der Waals surface area contributed by atoms with Gasteiger partial charge in [-0.15, -0.1) is 0 Å². The molecule has 0 aliphatic carbocycles. The molecule has 0 spiro atoms. The summed E-state index contributed by atoms with van der Waals surface area (Å²) in [6.07, 6.45) is 4.19. The van der Waals surface area contributed by atoms with Gasteiger partial charge in [0.25, 0.3) is 0 Å². The molecule has 1 aliphatic rings. The fraction of sp³-hybridized carbons (Fsp3) is 0.529. The molecule has 1 saturated heterocycles. The number of rotatable bonds is 7. The Labute approximate surface area is 130 Å². The Morgan fingerprint density at radius 1 is 1.32 bits per heavy atom. The monoisotopic (exact) mass is 303 g/mol. The van der Waals surface area contributed by atoms with Gasteiger partial charge in [0.1, 0.15) is 12.4 Å². The minimum absolute atomic E-state index is 0.144. The molecule has 1 aromatic carbocycles. The first-order valence-corrected chi connectivity index (χ1v) is 7.68. The first-order valence-electron chi connectivity index (χ1n) is 7.68. The molecule has 0 aromatic heterocycles. The van der Waals surface area contributed by atoms with E-state index in [1.807, 2.05) is 30.3 Å². The van der Waals surface area contributed by atoms with Gasteiger partial charge in [0.15, 0.2) is 6.29 Å². The second kappa shape index (κ2) is 9.06. The van der Waals surface area contributed by atoms with Gasteiger partial charge in [-0.05, 0) is 37.0 Å². The Bertz CT molecular complexity index is 500. The van der Waals surface area contributed by atoms with Gasteiger partial charge in [-0.3, -0.25) is 4.79 Å². The Morgan fingerprint density at radius 3 is 2.82 bits per heavy atom. The largest absolute Gasteiger partial charge is 0.465 e. The summed E-state index contributed by atoms with van der Waals surface area (Å²) in [5.74, 6) is 0.512. The summed E-state index contributed by atoms with van der Waals surface area (Å²) in [4.78, 5) is 11.4. The van der Waals surface area contributed by atoms with Gasteiger partial charge in [-0.25, -0.2) is 0 Å². The molecule has 1 unspecified atom stereocenters. The van der Waals surface area contributed by atoms with Crippen LogP contribution >= 0.6 is 0 Å². The van der Waals surface area contributed by atoms with Crippen LogP contribution in [0.1, 0.15) is 37.7 Å². The molecule has 0 N–H and O–H groups in total. The lowest BCUT2D eigenvalue weighted by atomic mass is 10.1. The molecule has 118 valence electrons. The second-order valence-electron chi connectivity index (χ2n) is 5.19. The molecule has 1 aliphatic heterocycles. The summed E-state index contributed by atoms with van der Waals surface area (Å²) >= 11 is 0. The van der Waals surface area contributed by atoms with Crippen LogP contribution in [0.4, 0.5) is 0 Å². The van der Waals surface area contributed by atoms with Gasteiger partial charge in [0.2, 0.25) is 0 Å². The lowest BCUT2D eigenvalue weighted by Crippen LogP contribution is -2.24. The lowest BCUT2D eigenvalue weighted by Gasteiger charge is -2.23. The van der Waals surface area contributed by atoms with Gasteiger partial charge in [-0.2, -0.15) is 5.26 Å². The molecule has 1 fully saturated rings. The number of benzene rings is 1. The SMILES string of the molecule is N#CCCOC(=O)CCc1ccc(OC2CCCCO2)cc1. The number of hydrogen-bond donors (Lipinski definition) is 0. The van der Waals surface area contributed by atoms with Crippen LogP contribution in [0.25, 0.3) is 0 Å². The molecule has 2 rings (SSSR count). The van der Waals surface area contributed by atoms with E-state index in [4.69, 9.17) is 19.5 Å². The maximum atomic E-state index is 11.4. The third-order valence-electron chi connectivity index (χ3n) is 3.42. The molecule has 1 aromatic rings. The van der Waals surface area contributed by atoms with Crippen molar-refractivity contribution in [3.05, 3.63) is 29.8 Å². The van der Waals surface area contributed by atoms with E-state index in [0.29, 0.717) is 12.8 Å². The van der Waals surface area contributed by atoms with E-state index in [9.17, 15) is 4.79 Å². The van der Waals surface area contributed by atoms with Crippen molar-refractivity contribution < 1.29 is 19.0 Å². The van der Waals surface area contributed by atoms with Crippen molar-refractivity contribution in [1.82, 2.24) is 0 Å². The van der Waals surface area contributed by atoms with Crippen molar-refractivity contribution in [2.45, 2.75) is 44.8 Å². The predicted molar refractivity (Wildman–Crippen MR) is 80.2 cm³/mol. The number of ether oxygens (including phenoxy) is 3. The quantitative estimate of drug-likeness (QED) is 0.572. The second-order valence-corrected chi connectivity index (χ2v) is 5.19. The standard InChI is InChI=1S/C17H21NO4/c18-11-3-13-20-16(19)10-7-14-5-8-15(9-6-14)22-17-4-1-2-12-21-17/h5-6,8-9,17H,1-4,7,10,12-13H2. The zero-order chi connectivity index (χ0) is 15.6. The first kappa shape index (κ1) is 16.3. The van der Waals surface area contributed by atoms with Crippen LogP contribution in [-0.2, 0) is 20.7 Å². The van der Waals surface area contributed by atoms with Crippen LogP contribution in [0.5, 0.6) is 5.75 Å².